The Morgan fingerprint density at radius 3 is 2.24 bits per heavy atom. The molecule has 1 N–H and O–H groups in total. The summed E-state index contributed by atoms with van der Waals surface area (Å²) in [4.78, 5) is 37.9. The van der Waals surface area contributed by atoms with Crippen molar-refractivity contribution in [2.75, 3.05) is 0 Å². The standard InChI is InChI=1S/C22H11NO4S2/c24-19-13-3-1-2-4-14(13)20(25)16-9-11(5-7-15(16)19)17-8-6-12(27-17)10-18-21(26)23-22(28)29-18/h1-10H,(H,23,26,28). The Morgan fingerprint density at radius 2 is 1.55 bits per heavy atom. The summed E-state index contributed by atoms with van der Waals surface area (Å²) < 4.78 is 6.24. The van der Waals surface area contributed by atoms with Crippen LogP contribution in [0.4, 0.5) is 0 Å². The molecule has 1 fully saturated rings. The summed E-state index contributed by atoms with van der Waals surface area (Å²) in [6.07, 6.45) is 1.62. The van der Waals surface area contributed by atoms with Crippen molar-refractivity contribution in [3.8, 4) is 11.3 Å². The monoisotopic (exact) mass is 417 g/mol. The maximum absolute atomic E-state index is 12.9. The van der Waals surface area contributed by atoms with E-state index in [1.807, 2.05) is 0 Å². The minimum Gasteiger partial charge on any atom is -0.457 e. The van der Waals surface area contributed by atoms with E-state index < -0.39 is 0 Å². The number of nitrogens with one attached hydrogen (secondary N) is 1. The number of carbonyl (C=O) groups is 3. The van der Waals surface area contributed by atoms with Crippen LogP contribution in [-0.2, 0) is 4.79 Å². The molecule has 5 rings (SSSR count). The van der Waals surface area contributed by atoms with E-state index in [4.69, 9.17) is 16.6 Å². The SMILES string of the molecule is O=C1NC(=S)SC1=Cc1ccc(-c2ccc3c(c2)C(=O)c2ccccc2C3=O)o1. The predicted molar refractivity (Wildman–Crippen MR) is 114 cm³/mol. The van der Waals surface area contributed by atoms with Gasteiger partial charge in [-0.1, -0.05) is 54.3 Å². The van der Waals surface area contributed by atoms with Gasteiger partial charge in [-0.3, -0.25) is 14.4 Å². The highest BCUT2D eigenvalue weighted by atomic mass is 32.2. The lowest BCUT2D eigenvalue weighted by Crippen LogP contribution is -2.20. The lowest BCUT2D eigenvalue weighted by atomic mass is 9.83. The summed E-state index contributed by atoms with van der Waals surface area (Å²) in [6.45, 7) is 0. The van der Waals surface area contributed by atoms with Crippen LogP contribution in [0, 0.1) is 0 Å². The van der Waals surface area contributed by atoms with E-state index in [1.165, 1.54) is 11.8 Å². The van der Waals surface area contributed by atoms with Crippen LogP contribution < -0.4 is 5.32 Å². The van der Waals surface area contributed by atoms with Gasteiger partial charge in [0.1, 0.15) is 15.8 Å². The van der Waals surface area contributed by atoms with Crippen molar-refractivity contribution in [2.45, 2.75) is 0 Å². The molecule has 1 amide bonds. The van der Waals surface area contributed by atoms with Gasteiger partial charge in [-0.2, -0.15) is 0 Å². The number of furan rings is 1. The van der Waals surface area contributed by atoms with Crippen LogP contribution in [0.1, 0.15) is 37.6 Å². The molecule has 29 heavy (non-hydrogen) atoms. The Bertz CT molecular complexity index is 1290. The summed E-state index contributed by atoms with van der Waals surface area (Å²) in [7, 11) is 0. The lowest BCUT2D eigenvalue weighted by molar-refractivity contribution is -0.115. The highest BCUT2D eigenvalue weighted by Gasteiger charge is 2.29. The molecule has 2 aromatic carbocycles. The molecule has 0 saturated carbocycles. The number of benzene rings is 2. The van der Waals surface area contributed by atoms with Gasteiger partial charge in [0, 0.05) is 33.9 Å². The van der Waals surface area contributed by atoms with Gasteiger partial charge in [-0.25, -0.2) is 0 Å². The van der Waals surface area contributed by atoms with Gasteiger partial charge in [0.05, 0.1) is 4.91 Å². The van der Waals surface area contributed by atoms with Crippen LogP contribution in [0.5, 0.6) is 0 Å². The van der Waals surface area contributed by atoms with Crippen molar-refractivity contribution in [2.24, 2.45) is 0 Å². The molecule has 5 nitrogen and oxygen atoms in total. The minimum atomic E-state index is -0.255. The molecule has 2 heterocycles. The van der Waals surface area contributed by atoms with Crippen molar-refractivity contribution in [3.63, 3.8) is 0 Å². The number of thioether (sulfide) groups is 1. The Hall–Kier alpha value is -3.29. The Labute approximate surface area is 174 Å². The van der Waals surface area contributed by atoms with Crippen LogP contribution in [0.2, 0.25) is 0 Å². The molecule has 1 aromatic heterocycles. The average molecular weight is 417 g/mol. The number of hydrogen-bond acceptors (Lipinski definition) is 6. The Balaban J connectivity index is 1.52. The molecule has 0 spiro atoms. The zero-order valence-electron chi connectivity index (χ0n) is 14.7. The maximum Gasteiger partial charge on any atom is 0.263 e. The summed E-state index contributed by atoms with van der Waals surface area (Å²) in [6, 6.07) is 15.4. The molecular weight excluding hydrogens is 406 g/mol. The smallest absolute Gasteiger partial charge is 0.263 e. The van der Waals surface area contributed by atoms with Crippen molar-refractivity contribution in [1.29, 1.82) is 0 Å². The number of ketones is 2. The number of thiocarbonyl (C=S) groups is 1. The molecule has 0 unspecified atom stereocenters. The molecular formula is C22H11NO4S2. The first-order chi connectivity index (χ1) is 14.0. The van der Waals surface area contributed by atoms with E-state index in [1.54, 1.807) is 60.7 Å². The van der Waals surface area contributed by atoms with E-state index in [2.05, 4.69) is 5.32 Å². The molecule has 0 radical (unpaired) electrons. The van der Waals surface area contributed by atoms with E-state index in [9.17, 15) is 14.4 Å². The predicted octanol–water partition coefficient (Wildman–Crippen LogP) is 4.21. The molecule has 1 saturated heterocycles. The minimum absolute atomic E-state index is 0.160. The second-order valence-electron chi connectivity index (χ2n) is 6.52. The zero-order chi connectivity index (χ0) is 20.1. The van der Waals surface area contributed by atoms with Gasteiger partial charge in [-0.05, 0) is 24.3 Å². The van der Waals surface area contributed by atoms with Crippen molar-refractivity contribution in [3.05, 3.63) is 87.5 Å². The quantitative estimate of drug-likeness (QED) is 0.389. The topological polar surface area (TPSA) is 76.4 Å². The molecule has 7 heteroatoms. The fourth-order valence-corrected chi connectivity index (χ4v) is 4.41. The molecule has 1 aliphatic carbocycles. The normalized spacial score (nSPS) is 16.8. The zero-order valence-corrected chi connectivity index (χ0v) is 16.4. The third kappa shape index (κ3) is 2.95. The summed E-state index contributed by atoms with van der Waals surface area (Å²) >= 11 is 6.15. The van der Waals surface area contributed by atoms with Gasteiger partial charge >= 0.3 is 0 Å². The number of hydrogen-bond donors (Lipinski definition) is 1. The van der Waals surface area contributed by atoms with Gasteiger partial charge in [0.2, 0.25) is 0 Å². The second-order valence-corrected chi connectivity index (χ2v) is 8.24. The first kappa shape index (κ1) is 17.8. The number of amides is 1. The second kappa shape index (κ2) is 6.65. The van der Waals surface area contributed by atoms with Crippen LogP contribution in [-0.4, -0.2) is 21.8 Å². The summed E-state index contributed by atoms with van der Waals surface area (Å²) in [5.74, 6) is 0.428. The highest BCUT2D eigenvalue weighted by molar-refractivity contribution is 8.26. The molecule has 1 aliphatic heterocycles. The van der Waals surface area contributed by atoms with Crippen LogP contribution in [0.3, 0.4) is 0 Å². The van der Waals surface area contributed by atoms with Gasteiger partial charge < -0.3 is 9.73 Å². The van der Waals surface area contributed by atoms with E-state index in [0.29, 0.717) is 48.6 Å². The molecule has 0 atom stereocenters. The fraction of sp³-hybridized carbons (Fsp3) is 0. The summed E-state index contributed by atoms with van der Waals surface area (Å²) in [5.41, 5.74) is 2.26. The molecule has 140 valence electrons. The lowest BCUT2D eigenvalue weighted by Gasteiger charge is -2.17. The largest absolute Gasteiger partial charge is 0.457 e. The third-order valence-corrected chi connectivity index (χ3v) is 5.91. The van der Waals surface area contributed by atoms with Crippen LogP contribution >= 0.6 is 24.0 Å². The third-order valence-electron chi connectivity index (χ3n) is 4.75. The average Bonchev–Trinajstić information content (AvgIpc) is 3.32. The van der Waals surface area contributed by atoms with Crippen molar-refractivity contribution < 1.29 is 18.8 Å². The summed E-state index contributed by atoms with van der Waals surface area (Å²) in [5, 5.41) is 2.55. The Morgan fingerprint density at radius 1 is 0.862 bits per heavy atom. The van der Waals surface area contributed by atoms with Crippen LogP contribution in [0.15, 0.2) is 63.9 Å². The highest BCUT2D eigenvalue weighted by Crippen LogP contribution is 2.32. The van der Waals surface area contributed by atoms with Gasteiger partial charge in [0.15, 0.2) is 11.6 Å². The van der Waals surface area contributed by atoms with E-state index >= 15 is 0 Å². The number of rotatable bonds is 2. The first-order valence-electron chi connectivity index (χ1n) is 8.69. The molecule has 2 aliphatic rings. The molecule has 0 bridgehead atoms. The van der Waals surface area contributed by atoms with E-state index in [0.717, 1.165) is 0 Å². The van der Waals surface area contributed by atoms with Crippen LogP contribution in [0.25, 0.3) is 17.4 Å². The Kier molecular flexibility index (Phi) is 4.08. The van der Waals surface area contributed by atoms with Crippen molar-refractivity contribution >= 4 is 51.8 Å². The van der Waals surface area contributed by atoms with Gasteiger partial charge in [-0.15, -0.1) is 0 Å². The van der Waals surface area contributed by atoms with E-state index in [-0.39, 0.29) is 17.5 Å². The van der Waals surface area contributed by atoms with Crippen molar-refractivity contribution in [1.82, 2.24) is 5.32 Å². The number of carbonyl (C=O) groups excluding carboxylic acids is 3. The number of fused-ring (bicyclic) bond motifs is 2. The first-order valence-corrected chi connectivity index (χ1v) is 9.91. The maximum atomic E-state index is 12.9. The molecule has 3 aromatic rings. The van der Waals surface area contributed by atoms with Gasteiger partial charge in [0.25, 0.3) is 5.91 Å². The fourth-order valence-electron chi connectivity index (χ4n) is 3.39.